The summed E-state index contributed by atoms with van der Waals surface area (Å²) in [5.74, 6) is -0.0459. The number of urea groups is 1. The Kier molecular flexibility index (Phi) is 10.3. The van der Waals surface area contributed by atoms with E-state index in [1.165, 1.54) is 0 Å². The minimum absolute atomic E-state index is 0.266. The molecule has 0 aliphatic carbocycles. The highest BCUT2D eigenvalue weighted by molar-refractivity contribution is 7.82. The summed E-state index contributed by atoms with van der Waals surface area (Å²) in [6.45, 7) is 4.80. The van der Waals surface area contributed by atoms with E-state index in [0.29, 0.717) is 76.6 Å². The van der Waals surface area contributed by atoms with Crippen LogP contribution in [0.2, 0.25) is 0 Å². The smallest absolute Gasteiger partial charge is 0.378 e. The lowest BCUT2D eigenvalue weighted by atomic mass is 9.93. The molecule has 198 valence electrons. The van der Waals surface area contributed by atoms with Crippen molar-refractivity contribution < 1.29 is 26.9 Å². The zero-order chi connectivity index (χ0) is 25.3. The largest absolute Gasteiger partial charge is 0.451 e. The molecule has 2 fully saturated rings. The molecule has 0 bridgehead atoms. The van der Waals surface area contributed by atoms with Crippen molar-refractivity contribution in [3.05, 3.63) is 11.9 Å². The molecule has 3 rings (SSSR count). The van der Waals surface area contributed by atoms with E-state index < -0.39 is 23.0 Å². The summed E-state index contributed by atoms with van der Waals surface area (Å²) >= 11 is 0. The number of anilines is 2. The van der Waals surface area contributed by atoms with Gasteiger partial charge in [0.25, 0.3) is 0 Å². The number of ether oxygens (including phenoxy) is 1. The molecule has 1 aromatic rings. The first kappa shape index (κ1) is 27.4. The van der Waals surface area contributed by atoms with Gasteiger partial charge in [0.1, 0.15) is 11.6 Å². The molecule has 1 aromatic heterocycles. The van der Waals surface area contributed by atoms with Gasteiger partial charge in [-0.25, -0.2) is 23.7 Å². The summed E-state index contributed by atoms with van der Waals surface area (Å²) in [4.78, 5) is 23.2. The van der Waals surface area contributed by atoms with Gasteiger partial charge in [-0.3, -0.25) is 0 Å². The lowest BCUT2D eigenvalue weighted by Gasteiger charge is -2.35. The van der Waals surface area contributed by atoms with Gasteiger partial charge in [-0.05, 0) is 31.6 Å². The molecule has 3 heterocycles. The topological polar surface area (TPSA) is 112 Å². The van der Waals surface area contributed by atoms with Gasteiger partial charge >= 0.3 is 12.2 Å². The van der Waals surface area contributed by atoms with Crippen LogP contribution in [0.4, 0.5) is 29.6 Å². The molecule has 1 atom stereocenters. The maximum atomic E-state index is 13.3. The number of halogens is 3. The van der Waals surface area contributed by atoms with Gasteiger partial charge in [0, 0.05) is 58.1 Å². The molecule has 0 radical (unpaired) electrons. The molecular weight excluding hydrogens is 487 g/mol. The van der Waals surface area contributed by atoms with Crippen LogP contribution < -0.4 is 25.2 Å². The van der Waals surface area contributed by atoms with Gasteiger partial charge in [0.2, 0.25) is 5.82 Å². The zero-order valence-electron chi connectivity index (χ0n) is 19.9. The number of alkyl halides is 3. The van der Waals surface area contributed by atoms with Crippen molar-refractivity contribution in [1.29, 1.82) is 0 Å². The minimum Gasteiger partial charge on any atom is -0.378 e. The Morgan fingerprint density at radius 1 is 1.06 bits per heavy atom. The first-order valence-electron chi connectivity index (χ1n) is 11.8. The Balaban J connectivity index is 1.34. The van der Waals surface area contributed by atoms with Gasteiger partial charge in [0.05, 0.1) is 24.2 Å². The lowest BCUT2D eigenvalue weighted by molar-refractivity contribution is -0.144. The molecule has 35 heavy (non-hydrogen) atoms. The maximum Gasteiger partial charge on any atom is 0.451 e. The fourth-order valence-electron chi connectivity index (χ4n) is 3.92. The highest BCUT2D eigenvalue weighted by atomic mass is 32.2. The Hall–Kier alpha value is -2.19. The van der Waals surface area contributed by atoms with Crippen LogP contribution in [0.5, 0.6) is 0 Å². The van der Waals surface area contributed by atoms with Crippen molar-refractivity contribution in [1.82, 2.24) is 25.3 Å². The molecule has 10 nitrogen and oxygen atoms in total. The van der Waals surface area contributed by atoms with E-state index in [1.807, 2.05) is 9.80 Å². The monoisotopic (exact) mass is 521 g/mol. The summed E-state index contributed by atoms with van der Waals surface area (Å²) in [6.07, 6.45) is 0.349. The third-order valence-corrected chi connectivity index (χ3v) is 6.60. The predicted molar refractivity (Wildman–Crippen MR) is 128 cm³/mol. The minimum atomic E-state index is -4.58. The Morgan fingerprint density at radius 2 is 1.66 bits per heavy atom. The molecule has 14 heteroatoms. The van der Waals surface area contributed by atoms with Gasteiger partial charge < -0.3 is 25.2 Å². The standard InChI is InChI=1S/C21H34F3N7O3S/c1-35(33)27-8-14-34-13-7-26-20(32)25-6-3-16-4-11-31(12-5-16)18-15-17(30-9-2-10-30)28-19(29-18)21(22,23)24/h15-16,27H,2-14H2,1H3,(H2,25,26,32). The number of aromatic nitrogens is 2. The number of piperidine rings is 1. The van der Waals surface area contributed by atoms with E-state index in [1.54, 1.807) is 12.3 Å². The Bertz CT molecular complexity index is 850. The van der Waals surface area contributed by atoms with Crippen LogP contribution in [0, 0.1) is 5.92 Å². The number of amides is 2. The van der Waals surface area contributed by atoms with Crippen LogP contribution in [0.3, 0.4) is 0 Å². The summed E-state index contributed by atoms with van der Waals surface area (Å²) in [5, 5.41) is 5.54. The van der Waals surface area contributed by atoms with Crippen LogP contribution in [-0.2, 0) is 21.9 Å². The number of nitrogens with one attached hydrogen (secondary N) is 3. The second-order valence-corrected chi connectivity index (χ2v) is 9.81. The SMILES string of the molecule is CS(=O)NCCOCCNC(=O)NCCC1CCN(c2cc(N3CCC3)nc(C(F)(F)F)n2)CC1. The predicted octanol–water partition coefficient (Wildman–Crippen LogP) is 1.51. The van der Waals surface area contributed by atoms with E-state index in [9.17, 15) is 22.2 Å². The first-order valence-corrected chi connectivity index (χ1v) is 13.4. The van der Waals surface area contributed by atoms with Gasteiger partial charge in [-0.15, -0.1) is 0 Å². The Labute approximate surface area is 206 Å². The number of carbonyl (C=O) groups excluding carboxylic acids is 1. The van der Waals surface area contributed by atoms with Crippen LogP contribution in [0.25, 0.3) is 0 Å². The van der Waals surface area contributed by atoms with Crippen molar-refractivity contribution >= 4 is 28.7 Å². The van der Waals surface area contributed by atoms with Crippen LogP contribution in [0.1, 0.15) is 31.5 Å². The van der Waals surface area contributed by atoms with Crippen molar-refractivity contribution in [2.45, 2.75) is 31.9 Å². The second-order valence-electron chi connectivity index (χ2n) is 8.61. The summed E-state index contributed by atoms with van der Waals surface area (Å²) in [7, 11) is -1.06. The quantitative estimate of drug-likeness (QED) is 0.358. The number of rotatable bonds is 12. The number of hydrogen-bond donors (Lipinski definition) is 3. The van der Waals surface area contributed by atoms with Crippen LogP contribution >= 0.6 is 0 Å². The highest BCUT2D eigenvalue weighted by Gasteiger charge is 2.37. The Morgan fingerprint density at radius 3 is 2.23 bits per heavy atom. The molecule has 2 aliphatic heterocycles. The highest BCUT2D eigenvalue weighted by Crippen LogP contribution is 2.32. The third-order valence-electron chi connectivity index (χ3n) is 5.99. The summed E-state index contributed by atoms with van der Waals surface area (Å²) in [5.41, 5.74) is 0. The van der Waals surface area contributed by atoms with E-state index >= 15 is 0 Å². The molecule has 1 unspecified atom stereocenters. The molecule has 3 N–H and O–H groups in total. The van der Waals surface area contributed by atoms with Gasteiger partial charge in [-0.1, -0.05) is 0 Å². The van der Waals surface area contributed by atoms with Crippen molar-refractivity contribution in [2.24, 2.45) is 5.92 Å². The molecule has 0 aromatic carbocycles. The number of hydrogen-bond acceptors (Lipinski definition) is 7. The summed E-state index contributed by atoms with van der Waals surface area (Å²) in [6, 6.07) is 1.39. The first-order chi connectivity index (χ1) is 16.7. The van der Waals surface area contributed by atoms with E-state index in [2.05, 4.69) is 25.3 Å². The van der Waals surface area contributed by atoms with Crippen LogP contribution in [0.15, 0.2) is 6.07 Å². The number of carbonyl (C=O) groups is 1. The molecular formula is C21H34F3N7O3S. The third kappa shape index (κ3) is 9.08. The average molecular weight is 522 g/mol. The lowest BCUT2D eigenvalue weighted by Crippen LogP contribution is -2.40. The van der Waals surface area contributed by atoms with E-state index in [-0.39, 0.29) is 6.03 Å². The van der Waals surface area contributed by atoms with Gasteiger partial charge in [0.15, 0.2) is 0 Å². The van der Waals surface area contributed by atoms with Crippen molar-refractivity contribution in [3.63, 3.8) is 0 Å². The van der Waals surface area contributed by atoms with Crippen LogP contribution in [-0.4, -0.2) is 85.5 Å². The van der Waals surface area contributed by atoms with Crippen molar-refractivity contribution in [2.75, 3.05) is 75.1 Å². The molecule has 2 saturated heterocycles. The molecule has 2 amide bonds. The van der Waals surface area contributed by atoms with Gasteiger partial charge in [-0.2, -0.15) is 13.2 Å². The maximum absolute atomic E-state index is 13.3. The molecule has 2 aliphatic rings. The van der Waals surface area contributed by atoms with Crippen molar-refractivity contribution in [3.8, 4) is 0 Å². The van der Waals surface area contributed by atoms with E-state index in [0.717, 1.165) is 25.7 Å². The number of nitrogens with zero attached hydrogens (tertiary/aromatic N) is 4. The normalized spacial score (nSPS) is 17.7. The molecule has 0 saturated carbocycles. The fourth-order valence-corrected chi connectivity index (χ4v) is 4.29. The average Bonchev–Trinajstić information content (AvgIpc) is 2.77. The molecule has 0 spiro atoms. The fraction of sp³-hybridized carbons (Fsp3) is 0.762. The summed E-state index contributed by atoms with van der Waals surface area (Å²) < 4.78 is 58.8. The zero-order valence-corrected chi connectivity index (χ0v) is 20.7. The van der Waals surface area contributed by atoms with E-state index in [4.69, 9.17) is 4.74 Å². The second kappa shape index (κ2) is 13.2.